The summed E-state index contributed by atoms with van der Waals surface area (Å²) >= 11 is 0. The van der Waals surface area contributed by atoms with Crippen molar-refractivity contribution in [1.82, 2.24) is 4.98 Å². The van der Waals surface area contributed by atoms with Gasteiger partial charge in [-0.3, -0.25) is 9.78 Å². The lowest BCUT2D eigenvalue weighted by molar-refractivity contribution is -0.147. The van der Waals surface area contributed by atoms with Gasteiger partial charge in [-0.1, -0.05) is 30.3 Å². The summed E-state index contributed by atoms with van der Waals surface area (Å²) in [6.45, 7) is 2.50. The first kappa shape index (κ1) is 20.8. The lowest BCUT2D eigenvalue weighted by atomic mass is 9.96. The fraction of sp³-hybridized carbons (Fsp3) is 0.333. The van der Waals surface area contributed by atoms with E-state index in [0.29, 0.717) is 6.61 Å². The molecule has 0 unspecified atom stereocenters. The molecule has 0 atom stereocenters. The molecule has 3 aromatic rings. The fourth-order valence-corrected chi connectivity index (χ4v) is 3.59. The number of pyridine rings is 1. The second-order valence-electron chi connectivity index (χ2n) is 7.32. The van der Waals surface area contributed by atoms with Crippen molar-refractivity contribution in [1.29, 1.82) is 0 Å². The number of carbonyl (C=O) groups excluding carboxylic acids is 1. The van der Waals surface area contributed by atoms with Gasteiger partial charge < -0.3 is 14.6 Å². The molecule has 1 aliphatic rings. The third-order valence-electron chi connectivity index (χ3n) is 5.26. The van der Waals surface area contributed by atoms with Crippen LogP contribution in [0.3, 0.4) is 0 Å². The molecule has 0 aliphatic heterocycles. The number of carbonyl (C=O) groups is 1. The first-order valence-corrected chi connectivity index (χ1v) is 9.70. The molecule has 4 rings (SSSR count). The maximum absolute atomic E-state index is 11.9. The van der Waals surface area contributed by atoms with Crippen molar-refractivity contribution in [3.8, 4) is 5.75 Å². The minimum absolute atomic E-state index is 0.0947. The number of aliphatic hydroxyl groups excluding tert-OH is 1. The van der Waals surface area contributed by atoms with Crippen molar-refractivity contribution < 1.29 is 19.4 Å². The Kier molecular flexibility index (Phi) is 6.49. The zero-order chi connectivity index (χ0) is 20.9. The molecular weight excluding hydrogens is 366 g/mol. The van der Waals surface area contributed by atoms with Gasteiger partial charge in [0.2, 0.25) is 0 Å². The Hall–Kier alpha value is -2.92. The molecule has 1 N–H and O–H groups in total. The topological polar surface area (TPSA) is 68.7 Å². The Morgan fingerprint density at radius 2 is 1.79 bits per heavy atom. The summed E-state index contributed by atoms with van der Waals surface area (Å²) in [4.78, 5) is 16.5. The summed E-state index contributed by atoms with van der Waals surface area (Å²) < 4.78 is 10.9. The maximum atomic E-state index is 11.9. The van der Waals surface area contributed by atoms with Gasteiger partial charge in [-0.05, 0) is 56.0 Å². The Morgan fingerprint density at radius 3 is 2.45 bits per heavy atom. The highest BCUT2D eigenvalue weighted by Crippen LogP contribution is 2.49. The lowest BCUT2D eigenvalue weighted by Crippen LogP contribution is -2.19. The van der Waals surface area contributed by atoms with Crippen molar-refractivity contribution in [3.05, 3.63) is 71.4 Å². The smallest absolute Gasteiger partial charge is 0.312 e. The van der Waals surface area contributed by atoms with Crippen LogP contribution in [0.5, 0.6) is 5.75 Å². The summed E-state index contributed by atoms with van der Waals surface area (Å²) in [5, 5.41) is 8.12. The van der Waals surface area contributed by atoms with Crippen LogP contribution >= 0.6 is 0 Å². The van der Waals surface area contributed by atoms with Crippen molar-refractivity contribution in [2.75, 3.05) is 14.2 Å². The average molecular weight is 393 g/mol. The van der Waals surface area contributed by atoms with Gasteiger partial charge in [-0.25, -0.2) is 0 Å². The number of aryl methyl sites for hydroxylation is 1. The number of aliphatic hydroxyl groups is 1. The van der Waals surface area contributed by atoms with Gasteiger partial charge >= 0.3 is 5.97 Å². The van der Waals surface area contributed by atoms with E-state index in [0.717, 1.165) is 59.8 Å². The molecule has 1 aliphatic carbocycles. The Labute approximate surface area is 171 Å². The van der Waals surface area contributed by atoms with Crippen LogP contribution in [-0.2, 0) is 22.6 Å². The van der Waals surface area contributed by atoms with E-state index in [9.17, 15) is 4.79 Å². The summed E-state index contributed by atoms with van der Waals surface area (Å²) in [6.07, 6.45) is 2.55. The first-order valence-electron chi connectivity index (χ1n) is 9.70. The zero-order valence-corrected chi connectivity index (χ0v) is 17.1. The van der Waals surface area contributed by atoms with E-state index < -0.39 is 0 Å². The number of esters is 1. The van der Waals surface area contributed by atoms with Crippen LogP contribution < -0.4 is 4.74 Å². The average Bonchev–Trinajstić information content (AvgIpc) is 3.54. The van der Waals surface area contributed by atoms with E-state index >= 15 is 0 Å². The number of ether oxygens (including phenoxy) is 2. The Bertz CT molecular complexity index is 978. The van der Waals surface area contributed by atoms with Crippen LogP contribution in [0, 0.1) is 12.3 Å². The number of nitrogens with zero attached hydrogens (tertiary/aromatic N) is 1. The van der Waals surface area contributed by atoms with Crippen molar-refractivity contribution in [2.45, 2.75) is 32.8 Å². The molecule has 5 nitrogen and oxygen atoms in total. The van der Waals surface area contributed by atoms with Crippen LogP contribution in [-0.4, -0.2) is 30.3 Å². The SMILES string of the molecule is CO.COC(=O)C1(Cc2ccc(OCc3cc(C)nc4ccccc34)cc2)CC1. The minimum atomic E-state index is -0.301. The Morgan fingerprint density at radius 1 is 1.10 bits per heavy atom. The van der Waals surface area contributed by atoms with Gasteiger partial charge in [0.25, 0.3) is 0 Å². The molecule has 0 spiro atoms. The quantitative estimate of drug-likeness (QED) is 0.635. The highest BCUT2D eigenvalue weighted by Gasteiger charge is 2.50. The highest BCUT2D eigenvalue weighted by molar-refractivity contribution is 5.82. The molecule has 1 aromatic heterocycles. The third-order valence-corrected chi connectivity index (χ3v) is 5.26. The maximum Gasteiger partial charge on any atom is 0.312 e. The second-order valence-corrected chi connectivity index (χ2v) is 7.32. The number of benzene rings is 2. The molecule has 0 amide bonds. The minimum Gasteiger partial charge on any atom is -0.489 e. The number of hydrogen-bond donors (Lipinski definition) is 1. The predicted octanol–water partition coefficient (Wildman–Crippen LogP) is 4.23. The van der Waals surface area contributed by atoms with E-state index in [1.54, 1.807) is 0 Å². The van der Waals surface area contributed by atoms with Gasteiger partial charge in [0.05, 0.1) is 18.0 Å². The van der Waals surface area contributed by atoms with Gasteiger partial charge in [0, 0.05) is 23.8 Å². The van der Waals surface area contributed by atoms with Crippen LogP contribution in [0.25, 0.3) is 10.9 Å². The molecule has 0 bridgehead atoms. The fourth-order valence-electron chi connectivity index (χ4n) is 3.59. The highest BCUT2D eigenvalue weighted by atomic mass is 16.5. The van der Waals surface area contributed by atoms with Crippen molar-refractivity contribution >= 4 is 16.9 Å². The third kappa shape index (κ3) is 4.74. The van der Waals surface area contributed by atoms with Crippen LogP contribution in [0.2, 0.25) is 0 Å². The van der Waals surface area contributed by atoms with E-state index in [4.69, 9.17) is 14.6 Å². The van der Waals surface area contributed by atoms with Crippen molar-refractivity contribution in [2.24, 2.45) is 5.41 Å². The number of rotatable bonds is 6. The Balaban J connectivity index is 0.00000117. The molecule has 152 valence electrons. The summed E-state index contributed by atoms with van der Waals surface area (Å²) in [6, 6.07) is 18.2. The second kappa shape index (κ2) is 9.05. The molecule has 0 radical (unpaired) electrons. The normalized spacial score (nSPS) is 13.9. The standard InChI is InChI=1S/C23H23NO3.CH4O/c1-16-13-18(20-5-3-4-6-21(20)24-16)15-27-19-9-7-17(8-10-19)14-23(11-12-23)22(25)26-2;1-2/h3-10,13H,11-12,14-15H2,1-2H3;2H,1H3. The van der Waals surface area contributed by atoms with Crippen molar-refractivity contribution in [3.63, 3.8) is 0 Å². The molecule has 1 saturated carbocycles. The number of para-hydroxylation sites is 1. The summed E-state index contributed by atoms with van der Waals surface area (Å²) in [5.74, 6) is 0.725. The summed E-state index contributed by atoms with van der Waals surface area (Å²) in [7, 11) is 2.46. The molecule has 0 saturated heterocycles. The molecule has 2 aromatic carbocycles. The largest absolute Gasteiger partial charge is 0.489 e. The number of hydrogen-bond acceptors (Lipinski definition) is 5. The zero-order valence-electron chi connectivity index (χ0n) is 17.1. The number of fused-ring (bicyclic) bond motifs is 1. The molecule has 1 fully saturated rings. The van der Waals surface area contributed by atoms with E-state index in [-0.39, 0.29) is 11.4 Å². The monoisotopic (exact) mass is 393 g/mol. The summed E-state index contributed by atoms with van der Waals surface area (Å²) in [5.41, 5.74) is 3.94. The van der Waals surface area contributed by atoms with Crippen LogP contribution in [0.4, 0.5) is 0 Å². The van der Waals surface area contributed by atoms with Crippen LogP contribution in [0.15, 0.2) is 54.6 Å². The van der Waals surface area contributed by atoms with Gasteiger partial charge in [0.15, 0.2) is 0 Å². The van der Waals surface area contributed by atoms with Gasteiger partial charge in [-0.2, -0.15) is 0 Å². The van der Waals surface area contributed by atoms with Gasteiger partial charge in [-0.15, -0.1) is 0 Å². The first-order chi connectivity index (χ1) is 14.1. The number of aromatic nitrogens is 1. The predicted molar refractivity (Wildman–Crippen MR) is 113 cm³/mol. The van der Waals surface area contributed by atoms with Gasteiger partial charge in [0.1, 0.15) is 12.4 Å². The lowest BCUT2D eigenvalue weighted by Gasteiger charge is -2.13. The van der Waals surface area contributed by atoms with E-state index in [1.165, 1.54) is 7.11 Å². The van der Waals surface area contributed by atoms with Crippen LogP contribution in [0.1, 0.15) is 29.7 Å². The van der Waals surface area contributed by atoms with E-state index in [2.05, 4.69) is 17.1 Å². The van der Waals surface area contributed by atoms with E-state index in [1.807, 2.05) is 49.4 Å². The molecule has 5 heteroatoms. The number of methoxy groups -OCH3 is 1. The molecular formula is C24H27NO4. The molecule has 29 heavy (non-hydrogen) atoms. The molecule has 1 heterocycles.